The summed E-state index contributed by atoms with van der Waals surface area (Å²) in [4.78, 5) is 2.34. The summed E-state index contributed by atoms with van der Waals surface area (Å²) in [6, 6.07) is 0. The van der Waals surface area contributed by atoms with Crippen LogP contribution in [0.2, 0.25) is 0 Å². The normalized spacial score (nSPS) is 29.4. The van der Waals surface area contributed by atoms with Gasteiger partial charge in [-0.2, -0.15) is 0 Å². The summed E-state index contributed by atoms with van der Waals surface area (Å²) in [5.41, 5.74) is 0.269. The van der Waals surface area contributed by atoms with E-state index in [-0.39, 0.29) is 5.54 Å². The van der Waals surface area contributed by atoms with Gasteiger partial charge in [-0.25, -0.2) is 0 Å². The monoisotopic (exact) mass is 143 g/mol. The van der Waals surface area contributed by atoms with Gasteiger partial charge in [-0.1, -0.05) is 0 Å². The van der Waals surface area contributed by atoms with Crippen molar-refractivity contribution in [3.05, 3.63) is 0 Å². The van der Waals surface area contributed by atoms with E-state index in [1.165, 1.54) is 0 Å². The molecule has 1 rings (SSSR count). The molecular formula is C8H17NO. The standard InChI is InChI=1S/C8H17NO/c1-7-5-9(6-10-7)8(2,3)4/h7H,5-6H2,1-4H3/t7-/m0/s1. The van der Waals surface area contributed by atoms with E-state index in [0.717, 1.165) is 13.3 Å². The van der Waals surface area contributed by atoms with Crippen LogP contribution in [0, 0.1) is 0 Å². The zero-order chi connectivity index (χ0) is 7.78. The van der Waals surface area contributed by atoms with Gasteiger partial charge < -0.3 is 4.74 Å². The first-order valence-corrected chi connectivity index (χ1v) is 3.87. The molecule has 1 saturated heterocycles. The van der Waals surface area contributed by atoms with E-state index in [0.29, 0.717) is 6.10 Å². The molecular weight excluding hydrogens is 126 g/mol. The van der Waals surface area contributed by atoms with E-state index in [9.17, 15) is 0 Å². The topological polar surface area (TPSA) is 12.5 Å². The average molecular weight is 143 g/mol. The van der Waals surface area contributed by atoms with Crippen LogP contribution in [0.3, 0.4) is 0 Å². The van der Waals surface area contributed by atoms with E-state index in [2.05, 4.69) is 32.6 Å². The van der Waals surface area contributed by atoms with Crippen LogP contribution in [0.5, 0.6) is 0 Å². The van der Waals surface area contributed by atoms with Gasteiger partial charge in [-0.05, 0) is 27.7 Å². The van der Waals surface area contributed by atoms with Crippen LogP contribution in [0.15, 0.2) is 0 Å². The predicted molar refractivity (Wildman–Crippen MR) is 41.9 cm³/mol. The van der Waals surface area contributed by atoms with Crippen molar-refractivity contribution < 1.29 is 4.74 Å². The molecule has 0 spiro atoms. The minimum atomic E-state index is 0.269. The molecule has 0 unspecified atom stereocenters. The third-order valence-corrected chi connectivity index (χ3v) is 1.94. The number of ether oxygens (including phenoxy) is 1. The molecule has 0 amide bonds. The highest BCUT2D eigenvalue weighted by Crippen LogP contribution is 2.18. The van der Waals surface area contributed by atoms with E-state index in [4.69, 9.17) is 4.74 Å². The Hall–Kier alpha value is -0.0800. The summed E-state index contributed by atoms with van der Waals surface area (Å²) in [5, 5.41) is 0. The molecule has 2 nitrogen and oxygen atoms in total. The maximum Gasteiger partial charge on any atom is 0.0999 e. The lowest BCUT2D eigenvalue weighted by Crippen LogP contribution is -2.39. The van der Waals surface area contributed by atoms with Crippen molar-refractivity contribution in [3.8, 4) is 0 Å². The summed E-state index contributed by atoms with van der Waals surface area (Å²) in [6.45, 7) is 10.6. The molecule has 0 aromatic rings. The van der Waals surface area contributed by atoms with Crippen molar-refractivity contribution in [1.82, 2.24) is 4.90 Å². The van der Waals surface area contributed by atoms with Crippen LogP contribution < -0.4 is 0 Å². The third-order valence-electron chi connectivity index (χ3n) is 1.94. The Balaban J connectivity index is 2.45. The van der Waals surface area contributed by atoms with Gasteiger partial charge in [0.2, 0.25) is 0 Å². The van der Waals surface area contributed by atoms with Gasteiger partial charge in [-0.3, -0.25) is 4.90 Å². The van der Waals surface area contributed by atoms with Gasteiger partial charge in [-0.15, -0.1) is 0 Å². The van der Waals surface area contributed by atoms with E-state index < -0.39 is 0 Å². The molecule has 1 atom stereocenters. The fourth-order valence-corrected chi connectivity index (χ4v) is 1.10. The van der Waals surface area contributed by atoms with Crippen molar-refractivity contribution >= 4 is 0 Å². The van der Waals surface area contributed by atoms with Gasteiger partial charge in [0.1, 0.15) is 0 Å². The van der Waals surface area contributed by atoms with Gasteiger partial charge >= 0.3 is 0 Å². The Morgan fingerprint density at radius 1 is 1.40 bits per heavy atom. The summed E-state index contributed by atoms with van der Waals surface area (Å²) in [7, 11) is 0. The predicted octanol–water partition coefficient (Wildman–Crippen LogP) is 1.46. The molecule has 0 bridgehead atoms. The maximum atomic E-state index is 5.42. The van der Waals surface area contributed by atoms with Crippen LogP contribution in [0.25, 0.3) is 0 Å². The van der Waals surface area contributed by atoms with Gasteiger partial charge in [0, 0.05) is 12.1 Å². The van der Waals surface area contributed by atoms with Gasteiger partial charge in [0.05, 0.1) is 12.8 Å². The Labute approximate surface area is 63.2 Å². The van der Waals surface area contributed by atoms with Crippen molar-refractivity contribution in [3.63, 3.8) is 0 Å². The first-order valence-electron chi connectivity index (χ1n) is 3.87. The van der Waals surface area contributed by atoms with Crippen LogP contribution in [0.1, 0.15) is 27.7 Å². The molecule has 60 valence electrons. The fraction of sp³-hybridized carbons (Fsp3) is 1.00. The molecule has 0 aromatic heterocycles. The van der Waals surface area contributed by atoms with Gasteiger partial charge in [0.25, 0.3) is 0 Å². The lowest BCUT2D eigenvalue weighted by Gasteiger charge is -2.29. The quantitative estimate of drug-likeness (QED) is 0.509. The molecule has 0 saturated carbocycles. The van der Waals surface area contributed by atoms with E-state index in [1.807, 2.05) is 0 Å². The van der Waals surface area contributed by atoms with Crippen molar-refractivity contribution in [1.29, 1.82) is 0 Å². The maximum absolute atomic E-state index is 5.42. The van der Waals surface area contributed by atoms with E-state index in [1.54, 1.807) is 0 Å². The second-order valence-electron chi connectivity index (χ2n) is 4.00. The summed E-state index contributed by atoms with van der Waals surface area (Å²) in [6.07, 6.45) is 0.416. The Morgan fingerprint density at radius 3 is 2.20 bits per heavy atom. The molecule has 0 aliphatic carbocycles. The Kier molecular flexibility index (Phi) is 2.02. The van der Waals surface area contributed by atoms with Gasteiger partial charge in [0.15, 0.2) is 0 Å². The van der Waals surface area contributed by atoms with Crippen molar-refractivity contribution in [2.45, 2.75) is 39.3 Å². The van der Waals surface area contributed by atoms with Crippen molar-refractivity contribution in [2.75, 3.05) is 13.3 Å². The average Bonchev–Trinajstić information content (AvgIpc) is 2.11. The minimum absolute atomic E-state index is 0.269. The number of hydrogen-bond acceptors (Lipinski definition) is 2. The molecule has 1 aliphatic rings. The van der Waals surface area contributed by atoms with Crippen LogP contribution in [-0.2, 0) is 4.74 Å². The van der Waals surface area contributed by atoms with Crippen molar-refractivity contribution in [2.24, 2.45) is 0 Å². The molecule has 1 fully saturated rings. The van der Waals surface area contributed by atoms with Crippen LogP contribution in [0.4, 0.5) is 0 Å². The second kappa shape index (κ2) is 2.51. The number of nitrogens with zero attached hydrogens (tertiary/aromatic N) is 1. The summed E-state index contributed by atoms with van der Waals surface area (Å²) in [5.74, 6) is 0. The molecule has 1 aliphatic heterocycles. The zero-order valence-corrected chi connectivity index (χ0v) is 7.35. The lowest BCUT2D eigenvalue weighted by molar-refractivity contribution is 0.0660. The highest BCUT2D eigenvalue weighted by molar-refractivity contribution is 4.79. The largest absolute Gasteiger partial charge is 0.362 e. The smallest absolute Gasteiger partial charge is 0.0999 e. The first kappa shape index (κ1) is 8.02. The second-order valence-corrected chi connectivity index (χ2v) is 4.00. The summed E-state index contributed by atoms with van der Waals surface area (Å²) >= 11 is 0. The SMILES string of the molecule is C[C@H]1CN(C(C)(C)C)CO1. The Bertz CT molecular complexity index is 117. The Morgan fingerprint density at radius 2 is 2.00 bits per heavy atom. The molecule has 0 radical (unpaired) electrons. The molecule has 2 heteroatoms. The molecule has 0 aromatic carbocycles. The number of hydrogen-bond donors (Lipinski definition) is 0. The molecule has 0 N–H and O–H groups in total. The fourth-order valence-electron chi connectivity index (χ4n) is 1.10. The number of rotatable bonds is 0. The zero-order valence-electron chi connectivity index (χ0n) is 7.35. The third kappa shape index (κ3) is 1.70. The first-order chi connectivity index (χ1) is 4.50. The minimum Gasteiger partial charge on any atom is -0.362 e. The van der Waals surface area contributed by atoms with Crippen LogP contribution >= 0.6 is 0 Å². The molecule has 1 heterocycles. The highest BCUT2D eigenvalue weighted by atomic mass is 16.5. The molecule has 10 heavy (non-hydrogen) atoms. The lowest BCUT2D eigenvalue weighted by atomic mass is 10.1. The van der Waals surface area contributed by atoms with E-state index >= 15 is 0 Å². The highest BCUT2D eigenvalue weighted by Gasteiger charge is 2.28. The summed E-state index contributed by atoms with van der Waals surface area (Å²) < 4.78 is 5.42. The van der Waals surface area contributed by atoms with Crippen LogP contribution in [-0.4, -0.2) is 29.8 Å².